The van der Waals surface area contributed by atoms with E-state index in [9.17, 15) is 4.79 Å². The molecule has 1 aliphatic heterocycles. The number of aryl methyl sites for hydroxylation is 1. The number of hydrogen-bond acceptors (Lipinski definition) is 6. The van der Waals surface area contributed by atoms with Crippen molar-refractivity contribution in [1.29, 1.82) is 0 Å². The lowest BCUT2D eigenvalue weighted by Gasteiger charge is -2.34. The molecule has 0 amide bonds. The van der Waals surface area contributed by atoms with Crippen LogP contribution in [0.1, 0.15) is 12.6 Å². The van der Waals surface area contributed by atoms with Crippen LogP contribution in [0.3, 0.4) is 0 Å². The summed E-state index contributed by atoms with van der Waals surface area (Å²) in [4.78, 5) is 30.2. The molecule has 8 heteroatoms. The number of nitrogens with one attached hydrogen (secondary N) is 1. The fourth-order valence-corrected chi connectivity index (χ4v) is 4.29. The molecular weight excluding hydrogens is 416 g/mol. The van der Waals surface area contributed by atoms with Gasteiger partial charge < -0.3 is 14.5 Å². The molecule has 33 heavy (non-hydrogen) atoms. The minimum absolute atomic E-state index is 0.278. The van der Waals surface area contributed by atoms with Crippen LogP contribution in [-0.4, -0.2) is 64.1 Å². The Morgan fingerprint density at radius 1 is 1.03 bits per heavy atom. The number of nitrogens with zero attached hydrogens (tertiary/aromatic N) is 5. The first kappa shape index (κ1) is 21.2. The number of ether oxygens (including phenoxy) is 1. The van der Waals surface area contributed by atoms with Crippen molar-refractivity contribution in [2.24, 2.45) is 0 Å². The van der Waals surface area contributed by atoms with Crippen LogP contribution in [0.2, 0.25) is 0 Å². The number of aromatic amines is 1. The van der Waals surface area contributed by atoms with Gasteiger partial charge in [0.05, 0.1) is 17.9 Å². The third-order valence-electron chi connectivity index (χ3n) is 6.09. The van der Waals surface area contributed by atoms with Crippen molar-refractivity contribution in [2.45, 2.75) is 13.8 Å². The predicted octanol–water partition coefficient (Wildman–Crippen LogP) is 3.21. The number of anilines is 1. The maximum atomic E-state index is 13.2. The second kappa shape index (κ2) is 8.71. The van der Waals surface area contributed by atoms with Gasteiger partial charge in [-0.05, 0) is 33.0 Å². The van der Waals surface area contributed by atoms with Gasteiger partial charge in [-0.15, -0.1) is 0 Å². The Kier molecular flexibility index (Phi) is 5.60. The van der Waals surface area contributed by atoms with E-state index in [1.807, 2.05) is 56.3 Å². The summed E-state index contributed by atoms with van der Waals surface area (Å²) in [5.41, 5.74) is 3.71. The topological polar surface area (TPSA) is 78.8 Å². The van der Waals surface area contributed by atoms with E-state index in [2.05, 4.69) is 32.9 Å². The minimum Gasteiger partial charge on any atom is -0.493 e. The summed E-state index contributed by atoms with van der Waals surface area (Å²) in [6, 6.07) is 15.8. The highest BCUT2D eigenvalue weighted by Gasteiger charge is 2.20. The Hall–Kier alpha value is -3.65. The molecule has 1 aliphatic rings. The summed E-state index contributed by atoms with van der Waals surface area (Å²) in [5.74, 6) is 1.77. The molecule has 170 valence electrons. The molecule has 1 fully saturated rings. The third-order valence-corrected chi connectivity index (χ3v) is 6.09. The summed E-state index contributed by atoms with van der Waals surface area (Å²) in [7, 11) is 2.14. The number of hydrogen-bond donors (Lipinski definition) is 1. The van der Waals surface area contributed by atoms with Crippen molar-refractivity contribution >= 4 is 11.3 Å². The summed E-state index contributed by atoms with van der Waals surface area (Å²) in [6.07, 6.45) is 0. The average Bonchev–Trinajstić information content (AvgIpc) is 3.17. The summed E-state index contributed by atoms with van der Waals surface area (Å²) >= 11 is 0. The zero-order valence-corrected chi connectivity index (χ0v) is 19.2. The molecule has 1 N–H and O–H groups in total. The first-order valence-corrected chi connectivity index (χ1v) is 11.3. The second-order valence-corrected chi connectivity index (χ2v) is 8.34. The standard InChI is InChI=1S/C25H28N6O2/c1-4-33-21-16-19(30-14-12-29(3)13-15-30)10-11-20(21)22-27-23-17(2)26-24(31(23)25(32)28-22)18-8-6-5-7-9-18/h5-11,16H,4,12-15H2,1-3H3,(H,27,28,32). The fraction of sp³-hybridized carbons (Fsp3) is 0.320. The van der Waals surface area contributed by atoms with Crippen LogP contribution in [0.5, 0.6) is 5.75 Å². The van der Waals surface area contributed by atoms with Gasteiger partial charge in [0.1, 0.15) is 17.4 Å². The Bertz CT molecular complexity index is 1340. The van der Waals surface area contributed by atoms with E-state index >= 15 is 0 Å². The number of H-pyrrole nitrogens is 1. The molecule has 8 nitrogen and oxygen atoms in total. The van der Waals surface area contributed by atoms with E-state index in [1.54, 1.807) is 0 Å². The number of benzene rings is 2. The van der Waals surface area contributed by atoms with Crippen LogP contribution in [0.15, 0.2) is 53.3 Å². The quantitative estimate of drug-likeness (QED) is 0.509. The van der Waals surface area contributed by atoms with Gasteiger partial charge in [-0.3, -0.25) is 4.98 Å². The molecule has 0 spiro atoms. The zero-order chi connectivity index (χ0) is 22.9. The summed E-state index contributed by atoms with van der Waals surface area (Å²) in [6.45, 7) is 8.36. The van der Waals surface area contributed by atoms with Crippen LogP contribution in [0.4, 0.5) is 5.69 Å². The van der Waals surface area contributed by atoms with Crippen LogP contribution < -0.4 is 15.3 Å². The molecule has 4 aromatic rings. The molecule has 0 aliphatic carbocycles. The van der Waals surface area contributed by atoms with Crippen LogP contribution in [0, 0.1) is 6.92 Å². The minimum atomic E-state index is -0.278. The van der Waals surface area contributed by atoms with Gasteiger partial charge in [0.2, 0.25) is 0 Å². The Morgan fingerprint density at radius 3 is 2.52 bits per heavy atom. The van der Waals surface area contributed by atoms with Gasteiger partial charge in [0.25, 0.3) is 0 Å². The first-order chi connectivity index (χ1) is 16.0. The molecule has 0 saturated carbocycles. The van der Waals surface area contributed by atoms with E-state index < -0.39 is 0 Å². The summed E-state index contributed by atoms with van der Waals surface area (Å²) in [5, 5.41) is 0. The van der Waals surface area contributed by atoms with Gasteiger partial charge in [0, 0.05) is 43.5 Å². The van der Waals surface area contributed by atoms with E-state index in [0.29, 0.717) is 35.3 Å². The number of imidazole rings is 1. The number of rotatable bonds is 5. The van der Waals surface area contributed by atoms with Gasteiger partial charge in [0.15, 0.2) is 5.65 Å². The molecule has 0 radical (unpaired) electrons. The number of piperazine rings is 1. The summed E-state index contributed by atoms with van der Waals surface area (Å²) < 4.78 is 7.51. The van der Waals surface area contributed by atoms with Crippen LogP contribution in [-0.2, 0) is 0 Å². The SMILES string of the molecule is CCOc1cc(N2CCN(C)CC2)ccc1-c1nc2c(C)nc(-c3ccccc3)n2c(=O)[nH]1. The molecule has 0 bridgehead atoms. The number of likely N-dealkylation sites (N-methyl/N-ethyl adjacent to an activating group) is 1. The number of fused-ring (bicyclic) bond motifs is 1. The normalized spacial score (nSPS) is 14.7. The van der Waals surface area contributed by atoms with E-state index in [1.165, 1.54) is 4.40 Å². The van der Waals surface area contributed by atoms with Gasteiger partial charge in [-0.1, -0.05) is 30.3 Å². The van der Waals surface area contributed by atoms with E-state index in [0.717, 1.165) is 43.0 Å². The lowest BCUT2D eigenvalue weighted by molar-refractivity contribution is 0.312. The van der Waals surface area contributed by atoms with Crippen LogP contribution in [0.25, 0.3) is 28.4 Å². The molecular formula is C25H28N6O2. The van der Waals surface area contributed by atoms with Crippen molar-refractivity contribution in [3.8, 4) is 28.5 Å². The van der Waals surface area contributed by atoms with E-state index in [4.69, 9.17) is 9.72 Å². The average molecular weight is 445 g/mol. The number of aromatic nitrogens is 4. The fourth-order valence-electron chi connectivity index (χ4n) is 4.29. The lowest BCUT2D eigenvalue weighted by atomic mass is 10.1. The molecule has 0 unspecified atom stereocenters. The highest BCUT2D eigenvalue weighted by molar-refractivity contribution is 5.71. The lowest BCUT2D eigenvalue weighted by Crippen LogP contribution is -2.44. The highest BCUT2D eigenvalue weighted by atomic mass is 16.5. The maximum Gasteiger partial charge on any atom is 0.334 e. The second-order valence-electron chi connectivity index (χ2n) is 8.34. The molecule has 1 saturated heterocycles. The monoisotopic (exact) mass is 444 g/mol. The Morgan fingerprint density at radius 2 is 1.79 bits per heavy atom. The molecule has 2 aromatic carbocycles. The largest absolute Gasteiger partial charge is 0.493 e. The highest BCUT2D eigenvalue weighted by Crippen LogP contribution is 2.33. The van der Waals surface area contributed by atoms with Crippen LogP contribution >= 0.6 is 0 Å². The molecule has 3 heterocycles. The van der Waals surface area contributed by atoms with Crippen molar-refractivity contribution in [2.75, 3.05) is 44.7 Å². The van der Waals surface area contributed by atoms with Crippen molar-refractivity contribution in [1.82, 2.24) is 24.3 Å². The van der Waals surface area contributed by atoms with Crippen molar-refractivity contribution in [3.05, 3.63) is 64.7 Å². The van der Waals surface area contributed by atoms with Crippen molar-refractivity contribution < 1.29 is 4.74 Å². The van der Waals surface area contributed by atoms with Gasteiger partial charge in [-0.25, -0.2) is 19.2 Å². The zero-order valence-electron chi connectivity index (χ0n) is 19.2. The maximum absolute atomic E-state index is 13.2. The predicted molar refractivity (Wildman–Crippen MR) is 130 cm³/mol. The third kappa shape index (κ3) is 3.98. The smallest absolute Gasteiger partial charge is 0.334 e. The van der Waals surface area contributed by atoms with Gasteiger partial charge >= 0.3 is 5.69 Å². The Labute approximate surface area is 192 Å². The molecule has 0 atom stereocenters. The van der Waals surface area contributed by atoms with E-state index in [-0.39, 0.29) is 5.69 Å². The first-order valence-electron chi connectivity index (χ1n) is 11.3. The van der Waals surface area contributed by atoms with Gasteiger partial charge in [-0.2, -0.15) is 0 Å². The Balaban J connectivity index is 1.59. The van der Waals surface area contributed by atoms with Crippen molar-refractivity contribution in [3.63, 3.8) is 0 Å². The molecule has 5 rings (SSSR count). The molecule has 2 aromatic heterocycles.